The van der Waals surface area contributed by atoms with Crippen LogP contribution in [0.25, 0.3) is 0 Å². The summed E-state index contributed by atoms with van der Waals surface area (Å²) in [5.74, 6) is 0.576. The summed E-state index contributed by atoms with van der Waals surface area (Å²) < 4.78 is 0. The lowest BCUT2D eigenvalue weighted by Crippen LogP contribution is -2.05. The number of aliphatic hydroxyl groups excluding tert-OH is 1. The van der Waals surface area contributed by atoms with Crippen molar-refractivity contribution in [3.05, 3.63) is 0 Å². The maximum atomic E-state index is 9.06. The second-order valence-electron chi connectivity index (χ2n) is 4.04. The molecule has 1 N–H and O–H groups in total. The third-order valence-electron chi connectivity index (χ3n) is 2.67. The lowest BCUT2D eigenvalue weighted by Gasteiger charge is -2.11. The molecule has 80 valence electrons. The number of hydrogen-bond acceptors (Lipinski definition) is 1. The van der Waals surface area contributed by atoms with Crippen LogP contribution in [0.5, 0.6) is 0 Å². The van der Waals surface area contributed by atoms with Gasteiger partial charge in [0, 0.05) is 6.61 Å². The van der Waals surface area contributed by atoms with Crippen LogP contribution in [0, 0.1) is 5.92 Å². The lowest BCUT2D eigenvalue weighted by molar-refractivity contribution is 0.206. The maximum absolute atomic E-state index is 9.06. The molecule has 0 fully saturated rings. The van der Waals surface area contributed by atoms with Crippen LogP contribution >= 0.6 is 0 Å². The van der Waals surface area contributed by atoms with Crippen LogP contribution in [0.3, 0.4) is 0 Å². The zero-order chi connectivity index (χ0) is 9.94. The van der Waals surface area contributed by atoms with Gasteiger partial charge in [-0.3, -0.25) is 0 Å². The molecule has 0 saturated carbocycles. The van der Waals surface area contributed by atoms with E-state index in [1.165, 1.54) is 51.4 Å². The van der Waals surface area contributed by atoms with E-state index in [1.54, 1.807) is 0 Å². The molecule has 0 aromatic rings. The SMILES string of the molecule is CCCCCCC[C@@H](CO)CCC. The van der Waals surface area contributed by atoms with Gasteiger partial charge < -0.3 is 5.11 Å². The molecule has 0 unspecified atom stereocenters. The van der Waals surface area contributed by atoms with Crippen LogP contribution in [-0.2, 0) is 0 Å². The lowest BCUT2D eigenvalue weighted by atomic mass is 9.97. The van der Waals surface area contributed by atoms with Gasteiger partial charge in [-0.25, -0.2) is 0 Å². The first-order chi connectivity index (χ1) is 6.35. The van der Waals surface area contributed by atoms with Gasteiger partial charge >= 0.3 is 0 Å². The van der Waals surface area contributed by atoms with Gasteiger partial charge in [0.25, 0.3) is 0 Å². The summed E-state index contributed by atoms with van der Waals surface area (Å²) >= 11 is 0. The summed E-state index contributed by atoms with van der Waals surface area (Å²) in [6.45, 7) is 4.83. The van der Waals surface area contributed by atoms with Gasteiger partial charge in [-0.2, -0.15) is 0 Å². The molecule has 1 nitrogen and oxygen atoms in total. The zero-order valence-electron chi connectivity index (χ0n) is 9.39. The first kappa shape index (κ1) is 13.0. The van der Waals surface area contributed by atoms with Crippen LogP contribution in [-0.4, -0.2) is 11.7 Å². The smallest absolute Gasteiger partial charge is 0.0459 e. The fourth-order valence-corrected chi connectivity index (χ4v) is 1.77. The number of unbranched alkanes of at least 4 members (excludes halogenated alkanes) is 4. The van der Waals surface area contributed by atoms with Gasteiger partial charge in [0.15, 0.2) is 0 Å². The molecule has 0 spiro atoms. The molecule has 13 heavy (non-hydrogen) atoms. The summed E-state index contributed by atoms with van der Waals surface area (Å²) in [5.41, 5.74) is 0. The van der Waals surface area contributed by atoms with Crippen molar-refractivity contribution in [2.75, 3.05) is 6.61 Å². The van der Waals surface area contributed by atoms with Crippen LogP contribution in [0.4, 0.5) is 0 Å². The minimum atomic E-state index is 0.390. The van der Waals surface area contributed by atoms with Crippen molar-refractivity contribution < 1.29 is 5.11 Å². The molecule has 0 rings (SSSR count). The van der Waals surface area contributed by atoms with E-state index in [0.29, 0.717) is 12.5 Å². The van der Waals surface area contributed by atoms with Crippen LogP contribution < -0.4 is 0 Å². The second-order valence-corrected chi connectivity index (χ2v) is 4.04. The fourth-order valence-electron chi connectivity index (χ4n) is 1.77. The largest absolute Gasteiger partial charge is 0.396 e. The van der Waals surface area contributed by atoms with E-state index in [2.05, 4.69) is 13.8 Å². The molecule has 0 heterocycles. The van der Waals surface area contributed by atoms with Gasteiger partial charge in [0.05, 0.1) is 0 Å². The van der Waals surface area contributed by atoms with Crippen molar-refractivity contribution in [3.8, 4) is 0 Å². The molecule has 0 aromatic carbocycles. The van der Waals surface area contributed by atoms with Crippen molar-refractivity contribution in [3.63, 3.8) is 0 Å². The molecule has 1 heteroatoms. The molecule has 0 aliphatic carbocycles. The van der Waals surface area contributed by atoms with Gasteiger partial charge in [0.2, 0.25) is 0 Å². The van der Waals surface area contributed by atoms with Gasteiger partial charge in [-0.1, -0.05) is 52.4 Å². The van der Waals surface area contributed by atoms with Crippen LogP contribution in [0.2, 0.25) is 0 Å². The Labute approximate surface area is 83.5 Å². The maximum Gasteiger partial charge on any atom is 0.0459 e. The molecule has 0 aromatic heterocycles. The highest BCUT2D eigenvalue weighted by atomic mass is 16.3. The van der Waals surface area contributed by atoms with E-state index in [0.717, 1.165) is 0 Å². The summed E-state index contributed by atoms with van der Waals surface area (Å²) in [5, 5.41) is 9.06. The molecule has 0 saturated heterocycles. The molecule has 0 bridgehead atoms. The highest BCUT2D eigenvalue weighted by molar-refractivity contribution is 4.57. The molecule has 0 radical (unpaired) electrons. The molecule has 0 aliphatic rings. The zero-order valence-corrected chi connectivity index (χ0v) is 9.39. The first-order valence-electron chi connectivity index (χ1n) is 5.96. The second kappa shape index (κ2) is 10.0. The topological polar surface area (TPSA) is 20.2 Å². The van der Waals surface area contributed by atoms with Gasteiger partial charge in [-0.05, 0) is 18.8 Å². The molecule has 0 amide bonds. The molecular weight excluding hydrogens is 160 g/mol. The van der Waals surface area contributed by atoms with Crippen LogP contribution in [0.1, 0.15) is 65.2 Å². The Morgan fingerprint density at radius 1 is 0.846 bits per heavy atom. The monoisotopic (exact) mass is 186 g/mol. The van der Waals surface area contributed by atoms with E-state index >= 15 is 0 Å². The summed E-state index contributed by atoms with van der Waals surface area (Å²) in [7, 11) is 0. The highest BCUT2D eigenvalue weighted by Crippen LogP contribution is 2.15. The van der Waals surface area contributed by atoms with Crippen molar-refractivity contribution in [1.82, 2.24) is 0 Å². The van der Waals surface area contributed by atoms with Crippen molar-refractivity contribution in [2.45, 2.75) is 65.2 Å². The Hall–Kier alpha value is -0.0400. The van der Waals surface area contributed by atoms with Gasteiger partial charge in [0.1, 0.15) is 0 Å². The molecular formula is C12H26O. The van der Waals surface area contributed by atoms with Crippen molar-refractivity contribution in [2.24, 2.45) is 5.92 Å². The van der Waals surface area contributed by atoms with E-state index in [1.807, 2.05) is 0 Å². The number of aliphatic hydroxyl groups is 1. The molecule has 0 aliphatic heterocycles. The van der Waals surface area contributed by atoms with Crippen LogP contribution in [0.15, 0.2) is 0 Å². The van der Waals surface area contributed by atoms with Crippen molar-refractivity contribution in [1.29, 1.82) is 0 Å². The minimum absolute atomic E-state index is 0.390. The highest BCUT2D eigenvalue weighted by Gasteiger charge is 2.04. The predicted octanol–water partition coefficient (Wildman–Crippen LogP) is 3.76. The predicted molar refractivity (Wildman–Crippen MR) is 58.9 cm³/mol. The first-order valence-corrected chi connectivity index (χ1v) is 5.96. The third kappa shape index (κ3) is 8.29. The van der Waals surface area contributed by atoms with E-state index in [-0.39, 0.29) is 0 Å². The summed E-state index contributed by atoms with van der Waals surface area (Å²) in [6.07, 6.45) is 10.4. The minimum Gasteiger partial charge on any atom is -0.396 e. The molecule has 1 atom stereocenters. The Kier molecular flexibility index (Phi) is 10.0. The third-order valence-corrected chi connectivity index (χ3v) is 2.67. The quantitative estimate of drug-likeness (QED) is 0.544. The Balaban J connectivity index is 3.17. The average molecular weight is 186 g/mol. The van der Waals surface area contributed by atoms with Crippen molar-refractivity contribution >= 4 is 0 Å². The summed E-state index contributed by atoms with van der Waals surface area (Å²) in [6, 6.07) is 0. The summed E-state index contributed by atoms with van der Waals surface area (Å²) in [4.78, 5) is 0. The standard InChI is InChI=1S/C12H26O/c1-3-5-6-7-8-10-12(11-13)9-4-2/h12-13H,3-11H2,1-2H3/t12-/m0/s1. The fraction of sp³-hybridized carbons (Fsp3) is 1.00. The number of rotatable bonds is 9. The normalized spacial score (nSPS) is 13.2. The average Bonchev–Trinajstić information content (AvgIpc) is 2.16. The Morgan fingerprint density at radius 3 is 2.08 bits per heavy atom. The Morgan fingerprint density at radius 2 is 1.54 bits per heavy atom. The Bertz CT molecular complexity index is 91.1. The van der Waals surface area contributed by atoms with E-state index in [4.69, 9.17) is 5.11 Å². The van der Waals surface area contributed by atoms with E-state index in [9.17, 15) is 0 Å². The number of hydrogen-bond donors (Lipinski definition) is 1. The van der Waals surface area contributed by atoms with E-state index < -0.39 is 0 Å². The van der Waals surface area contributed by atoms with Gasteiger partial charge in [-0.15, -0.1) is 0 Å².